The van der Waals surface area contributed by atoms with Crippen molar-refractivity contribution in [2.24, 2.45) is 0 Å². The van der Waals surface area contributed by atoms with Crippen LogP contribution in [0, 0.1) is 10.1 Å². The van der Waals surface area contributed by atoms with Crippen molar-refractivity contribution in [2.75, 3.05) is 11.5 Å². The number of non-ortho nitro benzene ring substituents is 1. The molecule has 170 valence electrons. The molecule has 0 saturated carbocycles. The van der Waals surface area contributed by atoms with Crippen molar-refractivity contribution in [3.05, 3.63) is 87.5 Å². The summed E-state index contributed by atoms with van der Waals surface area (Å²) in [4.78, 5) is 35.6. The Morgan fingerprint density at radius 1 is 1.09 bits per heavy atom. The highest BCUT2D eigenvalue weighted by Gasteiger charge is 2.25. The third-order valence-electron chi connectivity index (χ3n) is 5.11. The van der Waals surface area contributed by atoms with E-state index < -0.39 is 4.92 Å². The number of nitro benzene ring substituents is 1. The van der Waals surface area contributed by atoms with Crippen LogP contribution >= 0.6 is 22.7 Å². The van der Waals surface area contributed by atoms with Gasteiger partial charge in [0.2, 0.25) is 0 Å². The van der Waals surface area contributed by atoms with E-state index in [9.17, 15) is 14.9 Å². The molecule has 0 radical (unpaired) electrons. The number of benzene rings is 2. The van der Waals surface area contributed by atoms with Crippen LogP contribution in [0.2, 0.25) is 0 Å². The summed E-state index contributed by atoms with van der Waals surface area (Å²) in [5, 5.41) is 12.3. The molecule has 5 aromatic rings. The lowest BCUT2D eigenvalue weighted by Crippen LogP contribution is -2.30. The zero-order chi connectivity index (χ0) is 23.7. The van der Waals surface area contributed by atoms with Crippen LogP contribution in [0.15, 0.2) is 66.9 Å². The molecule has 34 heavy (non-hydrogen) atoms. The van der Waals surface area contributed by atoms with Crippen molar-refractivity contribution in [1.29, 1.82) is 0 Å². The number of rotatable bonds is 7. The molecule has 5 rings (SSSR count). The Balaban J connectivity index is 1.58. The summed E-state index contributed by atoms with van der Waals surface area (Å²) in [6, 6.07) is 17.5. The van der Waals surface area contributed by atoms with Crippen molar-refractivity contribution < 1.29 is 14.5 Å². The fourth-order valence-corrected chi connectivity index (χ4v) is 5.53. The van der Waals surface area contributed by atoms with Crippen LogP contribution in [0.4, 0.5) is 10.8 Å². The van der Waals surface area contributed by atoms with E-state index in [1.54, 1.807) is 23.2 Å². The van der Waals surface area contributed by atoms with E-state index in [4.69, 9.17) is 9.72 Å². The van der Waals surface area contributed by atoms with Gasteiger partial charge in [-0.05, 0) is 43.3 Å². The first-order valence-corrected chi connectivity index (χ1v) is 12.1. The number of carbonyl (C=O) groups is 1. The highest BCUT2D eigenvalue weighted by atomic mass is 32.1. The van der Waals surface area contributed by atoms with Crippen molar-refractivity contribution in [1.82, 2.24) is 9.97 Å². The Bertz CT molecular complexity index is 1510. The van der Waals surface area contributed by atoms with Gasteiger partial charge < -0.3 is 4.74 Å². The summed E-state index contributed by atoms with van der Waals surface area (Å²) in [7, 11) is 0. The molecule has 2 aromatic carbocycles. The van der Waals surface area contributed by atoms with Gasteiger partial charge in [-0.25, -0.2) is 4.98 Å². The fourth-order valence-electron chi connectivity index (χ4n) is 3.56. The van der Waals surface area contributed by atoms with E-state index in [1.165, 1.54) is 34.8 Å². The minimum Gasteiger partial charge on any atom is -0.492 e. The molecule has 0 bridgehead atoms. The van der Waals surface area contributed by atoms with Gasteiger partial charge in [-0.1, -0.05) is 23.5 Å². The molecule has 0 aliphatic heterocycles. The minimum absolute atomic E-state index is 0.00994. The van der Waals surface area contributed by atoms with E-state index >= 15 is 0 Å². The van der Waals surface area contributed by atoms with Gasteiger partial charge >= 0.3 is 0 Å². The van der Waals surface area contributed by atoms with Gasteiger partial charge in [0.15, 0.2) is 5.13 Å². The van der Waals surface area contributed by atoms with Gasteiger partial charge in [0.05, 0.1) is 33.3 Å². The highest BCUT2D eigenvalue weighted by Crippen LogP contribution is 2.37. The number of amides is 1. The predicted octanol–water partition coefficient (Wildman–Crippen LogP) is 6.06. The maximum Gasteiger partial charge on any atom is 0.270 e. The summed E-state index contributed by atoms with van der Waals surface area (Å²) in [5.41, 5.74) is 1.41. The zero-order valence-corrected chi connectivity index (χ0v) is 19.6. The van der Waals surface area contributed by atoms with Crippen molar-refractivity contribution in [2.45, 2.75) is 13.5 Å². The molecule has 0 saturated heterocycles. The minimum atomic E-state index is -0.441. The topological polar surface area (TPSA) is 98.5 Å². The Morgan fingerprint density at radius 3 is 2.74 bits per heavy atom. The first-order chi connectivity index (χ1) is 16.5. The molecule has 0 unspecified atom stereocenters. The van der Waals surface area contributed by atoms with E-state index in [-0.39, 0.29) is 18.1 Å². The SMILES string of the molecule is CCOc1cccc2sc(N(Cc3ccccn3)C(=O)c3cc4cc([N+](=O)[O-])ccc4s3)nc12. The Hall–Kier alpha value is -3.89. The maximum atomic E-state index is 13.7. The Labute approximate surface area is 202 Å². The number of thiophene rings is 1. The number of anilines is 1. The van der Waals surface area contributed by atoms with Crippen LogP contribution in [0.1, 0.15) is 22.3 Å². The largest absolute Gasteiger partial charge is 0.492 e. The number of thiazole rings is 1. The van der Waals surface area contributed by atoms with Gasteiger partial charge in [0.25, 0.3) is 11.6 Å². The van der Waals surface area contributed by atoms with Crippen LogP contribution < -0.4 is 9.64 Å². The first-order valence-electron chi connectivity index (χ1n) is 10.5. The van der Waals surface area contributed by atoms with Crippen molar-refractivity contribution >= 4 is 59.7 Å². The maximum absolute atomic E-state index is 13.7. The second kappa shape index (κ2) is 9.16. The molecule has 3 aromatic heterocycles. The number of carbonyl (C=O) groups excluding carboxylic acids is 1. The first kappa shape index (κ1) is 21.9. The number of fused-ring (bicyclic) bond motifs is 2. The molecular formula is C24H18N4O4S2. The summed E-state index contributed by atoms with van der Waals surface area (Å²) >= 11 is 2.70. The molecule has 8 nitrogen and oxygen atoms in total. The van der Waals surface area contributed by atoms with Crippen molar-refractivity contribution in [3.63, 3.8) is 0 Å². The van der Waals surface area contributed by atoms with Crippen molar-refractivity contribution in [3.8, 4) is 5.75 Å². The number of pyridine rings is 1. The van der Waals surface area contributed by atoms with E-state index in [0.29, 0.717) is 33.3 Å². The number of ether oxygens (including phenoxy) is 1. The summed E-state index contributed by atoms with van der Waals surface area (Å²) in [6.45, 7) is 2.66. The standard InChI is InChI=1S/C24H18N4O4S2/c1-2-32-18-7-5-8-20-22(18)26-24(34-20)27(14-16-6-3-4-11-25-16)23(29)21-13-15-12-17(28(30)31)9-10-19(15)33-21/h3-13H,2,14H2,1H3. The Morgan fingerprint density at radius 2 is 1.97 bits per heavy atom. The Kier molecular flexibility index (Phi) is 5.91. The van der Waals surface area contributed by atoms with Gasteiger partial charge in [-0.3, -0.25) is 24.8 Å². The van der Waals surface area contributed by atoms with E-state index in [2.05, 4.69) is 4.98 Å². The monoisotopic (exact) mass is 490 g/mol. The second-order valence-electron chi connectivity index (χ2n) is 7.33. The molecule has 3 heterocycles. The average molecular weight is 491 g/mol. The van der Waals surface area contributed by atoms with Crippen LogP contribution in [0.3, 0.4) is 0 Å². The van der Waals surface area contributed by atoms with Crippen LogP contribution in [0.5, 0.6) is 5.75 Å². The number of hydrogen-bond donors (Lipinski definition) is 0. The lowest BCUT2D eigenvalue weighted by atomic mass is 10.2. The molecular weight excluding hydrogens is 472 g/mol. The number of hydrogen-bond acceptors (Lipinski definition) is 8. The molecule has 0 aliphatic carbocycles. The molecule has 0 aliphatic rings. The lowest BCUT2D eigenvalue weighted by molar-refractivity contribution is -0.384. The number of para-hydroxylation sites is 1. The number of nitrogens with zero attached hydrogens (tertiary/aromatic N) is 4. The quantitative estimate of drug-likeness (QED) is 0.203. The second-order valence-corrected chi connectivity index (χ2v) is 9.43. The van der Waals surface area contributed by atoms with Gasteiger partial charge in [0, 0.05) is 28.4 Å². The van der Waals surface area contributed by atoms with E-state index in [0.717, 1.165) is 15.1 Å². The van der Waals surface area contributed by atoms with Gasteiger partial charge in [-0.15, -0.1) is 11.3 Å². The van der Waals surface area contributed by atoms with Crippen LogP contribution in [-0.2, 0) is 6.54 Å². The third kappa shape index (κ3) is 4.20. The van der Waals surface area contributed by atoms with Crippen LogP contribution in [-0.4, -0.2) is 27.4 Å². The number of nitro groups is 1. The third-order valence-corrected chi connectivity index (χ3v) is 7.26. The predicted molar refractivity (Wildman–Crippen MR) is 134 cm³/mol. The van der Waals surface area contributed by atoms with Gasteiger partial charge in [-0.2, -0.15) is 0 Å². The average Bonchev–Trinajstić information content (AvgIpc) is 3.47. The molecule has 1 amide bonds. The normalized spacial score (nSPS) is 11.1. The summed E-state index contributed by atoms with van der Waals surface area (Å²) in [5.74, 6) is 0.424. The molecule has 0 spiro atoms. The molecule has 10 heteroatoms. The molecule has 0 atom stereocenters. The number of aromatic nitrogens is 2. The fraction of sp³-hybridized carbons (Fsp3) is 0.125. The molecule has 0 fully saturated rings. The summed E-state index contributed by atoms with van der Waals surface area (Å²) in [6.07, 6.45) is 1.68. The van der Waals surface area contributed by atoms with E-state index in [1.807, 2.05) is 43.3 Å². The zero-order valence-electron chi connectivity index (χ0n) is 18.0. The van der Waals surface area contributed by atoms with Gasteiger partial charge in [0.1, 0.15) is 11.3 Å². The lowest BCUT2D eigenvalue weighted by Gasteiger charge is -2.18. The smallest absolute Gasteiger partial charge is 0.270 e. The highest BCUT2D eigenvalue weighted by molar-refractivity contribution is 7.23. The van der Waals surface area contributed by atoms with Crippen LogP contribution in [0.25, 0.3) is 20.3 Å². The summed E-state index contributed by atoms with van der Waals surface area (Å²) < 4.78 is 7.43. The molecule has 0 N–H and O–H groups in total.